The molecule has 0 aliphatic rings. The van der Waals surface area contributed by atoms with Gasteiger partial charge in [-0.05, 0) is 26.7 Å². The SMILES string of the molecule is COCCOCOC[C@@H](NC(=O)OC(C)(C)C)C(C)C. The number of carbonyl (C=O) groups excluding carboxylic acids is 1. The van der Waals surface area contributed by atoms with Gasteiger partial charge in [-0.15, -0.1) is 0 Å². The molecule has 0 fully saturated rings. The van der Waals surface area contributed by atoms with E-state index in [2.05, 4.69) is 5.32 Å². The van der Waals surface area contributed by atoms with Crippen molar-refractivity contribution >= 4 is 6.09 Å². The van der Waals surface area contributed by atoms with E-state index in [1.807, 2.05) is 34.6 Å². The standard InChI is InChI=1S/C14H29NO5/c1-11(2)12(9-19-10-18-8-7-17-6)15-13(16)20-14(3,4)5/h11-12H,7-10H2,1-6H3,(H,15,16)/t12-/m1/s1. The third-order valence-corrected chi connectivity index (χ3v) is 2.40. The molecule has 0 aromatic carbocycles. The molecule has 0 aromatic rings. The fourth-order valence-electron chi connectivity index (χ4n) is 1.29. The maximum absolute atomic E-state index is 11.7. The maximum Gasteiger partial charge on any atom is 0.407 e. The van der Waals surface area contributed by atoms with Crippen LogP contribution in [0.4, 0.5) is 4.79 Å². The summed E-state index contributed by atoms with van der Waals surface area (Å²) in [7, 11) is 1.61. The van der Waals surface area contributed by atoms with Crippen molar-refractivity contribution < 1.29 is 23.7 Å². The molecule has 0 rings (SSSR count). The zero-order chi connectivity index (χ0) is 15.6. The van der Waals surface area contributed by atoms with Crippen molar-refractivity contribution in [2.75, 3.05) is 33.7 Å². The third-order valence-electron chi connectivity index (χ3n) is 2.40. The molecule has 0 radical (unpaired) electrons. The van der Waals surface area contributed by atoms with E-state index in [1.54, 1.807) is 7.11 Å². The van der Waals surface area contributed by atoms with Crippen molar-refractivity contribution in [1.82, 2.24) is 5.32 Å². The number of alkyl carbamates (subject to hydrolysis) is 1. The number of carbonyl (C=O) groups is 1. The minimum absolute atomic E-state index is 0.115. The van der Waals surface area contributed by atoms with Gasteiger partial charge in [-0.3, -0.25) is 0 Å². The van der Waals surface area contributed by atoms with Crippen LogP contribution in [0.25, 0.3) is 0 Å². The lowest BCUT2D eigenvalue weighted by Crippen LogP contribution is -2.44. The number of methoxy groups -OCH3 is 1. The van der Waals surface area contributed by atoms with E-state index in [4.69, 9.17) is 18.9 Å². The van der Waals surface area contributed by atoms with Gasteiger partial charge in [0.15, 0.2) is 0 Å². The van der Waals surface area contributed by atoms with E-state index < -0.39 is 11.7 Å². The highest BCUT2D eigenvalue weighted by atomic mass is 16.7. The van der Waals surface area contributed by atoms with E-state index in [9.17, 15) is 4.79 Å². The summed E-state index contributed by atoms with van der Waals surface area (Å²) in [4.78, 5) is 11.7. The van der Waals surface area contributed by atoms with E-state index in [1.165, 1.54) is 0 Å². The largest absolute Gasteiger partial charge is 0.444 e. The highest BCUT2D eigenvalue weighted by molar-refractivity contribution is 5.68. The predicted octanol–water partition coefficient (Wildman–Crippen LogP) is 2.17. The Labute approximate surface area is 122 Å². The molecule has 0 saturated heterocycles. The first-order chi connectivity index (χ1) is 9.26. The minimum Gasteiger partial charge on any atom is -0.444 e. The Kier molecular flexibility index (Phi) is 9.54. The zero-order valence-corrected chi connectivity index (χ0v) is 13.5. The molecule has 0 heterocycles. The Morgan fingerprint density at radius 3 is 2.30 bits per heavy atom. The molecule has 1 amide bonds. The van der Waals surface area contributed by atoms with Crippen LogP contribution in [0.5, 0.6) is 0 Å². The molecule has 0 aliphatic carbocycles. The maximum atomic E-state index is 11.7. The van der Waals surface area contributed by atoms with Crippen molar-refractivity contribution in [1.29, 1.82) is 0 Å². The van der Waals surface area contributed by atoms with Gasteiger partial charge in [0.1, 0.15) is 12.4 Å². The molecular formula is C14H29NO5. The van der Waals surface area contributed by atoms with Crippen LogP contribution in [0.15, 0.2) is 0 Å². The Balaban J connectivity index is 3.96. The lowest BCUT2D eigenvalue weighted by atomic mass is 10.1. The van der Waals surface area contributed by atoms with Crippen molar-refractivity contribution in [3.05, 3.63) is 0 Å². The zero-order valence-electron chi connectivity index (χ0n) is 13.5. The van der Waals surface area contributed by atoms with Crippen LogP contribution in [-0.2, 0) is 18.9 Å². The van der Waals surface area contributed by atoms with Gasteiger partial charge in [0.2, 0.25) is 0 Å². The molecule has 1 atom stereocenters. The molecule has 0 spiro atoms. The highest BCUT2D eigenvalue weighted by Crippen LogP contribution is 2.09. The Hall–Kier alpha value is -0.850. The molecular weight excluding hydrogens is 262 g/mol. The number of ether oxygens (including phenoxy) is 4. The molecule has 0 aromatic heterocycles. The Bertz CT molecular complexity index is 263. The average Bonchev–Trinajstić information content (AvgIpc) is 2.29. The van der Waals surface area contributed by atoms with Crippen molar-refractivity contribution in [3.8, 4) is 0 Å². The van der Waals surface area contributed by atoms with Crippen LogP contribution in [0, 0.1) is 5.92 Å². The summed E-state index contributed by atoms with van der Waals surface area (Å²) in [5.74, 6) is 0.237. The Morgan fingerprint density at radius 2 is 1.80 bits per heavy atom. The number of nitrogens with one attached hydrogen (secondary N) is 1. The molecule has 6 heteroatoms. The monoisotopic (exact) mass is 291 g/mol. The van der Waals surface area contributed by atoms with Gasteiger partial charge in [-0.2, -0.15) is 0 Å². The van der Waals surface area contributed by atoms with Crippen LogP contribution in [0.2, 0.25) is 0 Å². The Morgan fingerprint density at radius 1 is 1.15 bits per heavy atom. The first-order valence-corrected chi connectivity index (χ1v) is 6.90. The summed E-state index contributed by atoms with van der Waals surface area (Å²) in [5.41, 5.74) is -0.504. The summed E-state index contributed by atoms with van der Waals surface area (Å²) in [6.45, 7) is 11.1. The lowest BCUT2D eigenvalue weighted by molar-refractivity contribution is -0.0736. The fraction of sp³-hybridized carbons (Fsp3) is 0.929. The summed E-state index contributed by atoms with van der Waals surface area (Å²) in [5, 5.41) is 2.81. The topological polar surface area (TPSA) is 66.0 Å². The van der Waals surface area contributed by atoms with Crippen molar-refractivity contribution in [3.63, 3.8) is 0 Å². The van der Waals surface area contributed by atoms with Gasteiger partial charge in [-0.25, -0.2) is 4.79 Å². The number of hydrogen-bond donors (Lipinski definition) is 1. The van der Waals surface area contributed by atoms with Gasteiger partial charge in [0, 0.05) is 7.11 Å². The van der Waals surface area contributed by atoms with E-state index >= 15 is 0 Å². The van der Waals surface area contributed by atoms with Crippen LogP contribution in [0.1, 0.15) is 34.6 Å². The van der Waals surface area contributed by atoms with Gasteiger partial charge in [-0.1, -0.05) is 13.8 Å². The van der Waals surface area contributed by atoms with Gasteiger partial charge < -0.3 is 24.3 Å². The fourth-order valence-corrected chi connectivity index (χ4v) is 1.29. The van der Waals surface area contributed by atoms with Crippen molar-refractivity contribution in [2.24, 2.45) is 5.92 Å². The summed E-state index contributed by atoms with van der Waals surface area (Å²) in [6.07, 6.45) is -0.430. The molecule has 0 aliphatic heterocycles. The van der Waals surface area contributed by atoms with Gasteiger partial charge in [0.25, 0.3) is 0 Å². The van der Waals surface area contributed by atoms with E-state index in [0.717, 1.165) is 0 Å². The number of rotatable bonds is 9. The summed E-state index contributed by atoms with van der Waals surface area (Å²) < 4.78 is 20.7. The molecule has 6 nitrogen and oxygen atoms in total. The quantitative estimate of drug-likeness (QED) is 0.521. The number of hydrogen-bond acceptors (Lipinski definition) is 5. The van der Waals surface area contributed by atoms with Gasteiger partial charge >= 0.3 is 6.09 Å². The molecule has 20 heavy (non-hydrogen) atoms. The summed E-state index contributed by atoms with van der Waals surface area (Å²) in [6, 6.07) is -0.115. The second-order valence-corrected chi connectivity index (χ2v) is 5.89. The van der Waals surface area contributed by atoms with Crippen LogP contribution in [0.3, 0.4) is 0 Å². The second-order valence-electron chi connectivity index (χ2n) is 5.89. The normalized spacial score (nSPS) is 13.3. The molecule has 0 bridgehead atoms. The number of amides is 1. The minimum atomic E-state index is -0.504. The molecule has 0 saturated carbocycles. The van der Waals surface area contributed by atoms with Gasteiger partial charge in [0.05, 0.1) is 25.9 Å². The van der Waals surface area contributed by atoms with Crippen molar-refractivity contribution in [2.45, 2.75) is 46.3 Å². The third kappa shape index (κ3) is 11.0. The first kappa shape index (κ1) is 19.1. The van der Waals surface area contributed by atoms with E-state index in [0.29, 0.717) is 19.8 Å². The second kappa shape index (κ2) is 9.96. The lowest BCUT2D eigenvalue weighted by Gasteiger charge is -2.25. The summed E-state index contributed by atoms with van der Waals surface area (Å²) >= 11 is 0. The van der Waals surface area contributed by atoms with E-state index in [-0.39, 0.29) is 18.8 Å². The molecule has 1 N–H and O–H groups in total. The smallest absolute Gasteiger partial charge is 0.407 e. The average molecular weight is 291 g/mol. The molecule has 0 unspecified atom stereocenters. The first-order valence-electron chi connectivity index (χ1n) is 6.90. The van der Waals surface area contributed by atoms with Crippen LogP contribution in [-0.4, -0.2) is 51.5 Å². The predicted molar refractivity (Wildman–Crippen MR) is 76.6 cm³/mol. The molecule has 120 valence electrons. The van der Waals surface area contributed by atoms with Crippen LogP contribution >= 0.6 is 0 Å². The van der Waals surface area contributed by atoms with Crippen LogP contribution < -0.4 is 5.32 Å². The highest BCUT2D eigenvalue weighted by Gasteiger charge is 2.21.